The predicted molar refractivity (Wildman–Crippen MR) is 69.4 cm³/mol. The van der Waals surface area contributed by atoms with Crippen molar-refractivity contribution >= 4 is 12.2 Å². The van der Waals surface area contributed by atoms with E-state index in [1.54, 1.807) is 14.1 Å². The summed E-state index contributed by atoms with van der Waals surface area (Å²) in [5, 5.41) is 3.01. The second kappa shape index (κ2) is 7.43. The van der Waals surface area contributed by atoms with E-state index in [0.717, 1.165) is 6.42 Å². The van der Waals surface area contributed by atoms with Crippen LogP contribution in [0.25, 0.3) is 0 Å². The molecule has 0 saturated heterocycles. The van der Waals surface area contributed by atoms with Crippen molar-refractivity contribution in [2.75, 3.05) is 14.1 Å². The molecule has 99 valence electrons. The van der Waals surface area contributed by atoms with Crippen molar-refractivity contribution in [3.63, 3.8) is 0 Å². The van der Waals surface area contributed by atoms with Crippen molar-refractivity contribution in [2.45, 2.75) is 46.2 Å². The number of hydrogen-bond donors (Lipinski definition) is 1. The number of hydrogen-bond acceptors (Lipinski definition) is 3. The number of carbonyl (C=O) groups excluding carboxylic acids is 2. The molecule has 0 aliphatic heterocycles. The van der Waals surface area contributed by atoms with Crippen molar-refractivity contribution in [3.05, 3.63) is 0 Å². The van der Waals surface area contributed by atoms with Gasteiger partial charge < -0.3 is 10.2 Å². The molecule has 0 bridgehead atoms. The molecular weight excluding hydrogens is 216 g/mol. The van der Waals surface area contributed by atoms with Gasteiger partial charge in [-0.05, 0) is 25.3 Å². The van der Waals surface area contributed by atoms with Crippen molar-refractivity contribution < 1.29 is 9.59 Å². The number of nitrogens with one attached hydrogen (secondary N) is 1. The van der Waals surface area contributed by atoms with Gasteiger partial charge in [-0.3, -0.25) is 9.59 Å². The molecule has 0 aliphatic carbocycles. The molecule has 0 aromatic rings. The van der Waals surface area contributed by atoms with Crippen molar-refractivity contribution in [2.24, 2.45) is 11.8 Å². The maximum absolute atomic E-state index is 12.2. The number of carbonyl (C=O) groups is 1. The summed E-state index contributed by atoms with van der Waals surface area (Å²) in [6.07, 6.45) is 2.71. The van der Waals surface area contributed by atoms with Crippen molar-refractivity contribution in [1.82, 2.24) is 10.2 Å². The van der Waals surface area contributed by atoms with Gasteiger partial charge in [0.15, 0.2) is 0 Å². The highest BCUT2D eigenvalue weighted by Gasteiger charge is 2.28. The van der Waals surface area contributed by atoms with Crippen LogP contribution in [-0.4, -0.2) is 43.3 Å². The van der Waals surface area contributed by atoms with Gasteiger partial charge in [0.05, 0.1) is 6.04 Å². The van der Waals surface area contributed by atoms with E-state index in [9.17, 15) is 9.59 Å². The fraction of sp³-hybridized carbons (Fsp3) is 0.846. The lowest BCUT2D eigenvalue weighted by Gasteiger charge is -2.30. The topological polar surface area (TPSA) is 49.4 Å². The van der Waals surface area contributed by atoms with Gasteiger partial charge >= 0.3 is 0 Å². The molecule has 0 aromatic carbocycles. The summed E-state index contributed by atoms with van der Waals surface area (Å²) in [4.78, 5) is 24.6. The van der Waals surface area contributed by atoms with Gasteiger partial charge in [0.2, 0.25) is 12.2 Å². The smallest absolute Gasteiger partial charge is 0.240 e. The number of nitrogens with zero attached hydrogens (tertiary/aromatic N) is 1. The lowest BCUT2D eigenvalue weighted by molar-refractivity contribution is -0.134. The van der Waals surface area contributed by atoms with Gasteiger partial charge in [0, 0.05) is 7.05 Å². The zero-order chi connectivity index (χ0) is 13.6. The van der Waals surface area contributed by atoms with Crippen LogP contribution in [0.2, 0.25) is 0 Å². The summed E-state index contributed by atoms with van der Waals surface area (Å²) in [7, 11) is 3.44. The Hall–Kier alpha value is -0.900. The largest absolute Gasteiger partial charge is 0.334 e. The first kappa shape index (κ1) is 16.1. The molecule has 0 fully saturated rings. The van der Waals surface area contributed by atoms with Crippen molar-refractivity contribution in [1.29, 1.82) is 0 Å². The number of likely N-dealkylation sites (N-methyl/N-ethyl adjacent to an activating group) is 2. The lowest BCUT2D eigenvalue weighted by Crippen LogP contribution is -2.50. The average Bonchev–Trinajstić information content (AvgIpc) is 2.24. The second-order valence-corrected chi connectivity index (χ2v) is 5.23. The Labute approximate surface area is 105 Å². The molecule has 0 aromatic heterocycles. The van der Waals surface area contributed by atoms with Gasteiger partial charge in [0.1, 0.15) is 6.04 Å². The summed E-state index contributed by atoms with van der Waals surface area (Å²) >= 11 is 0. The predicted octanol–water partition coefficient (Wildman–Crippen LogP) is 1.21. The zero-order valence-electron chi connectivity index (χ0n) is 11.8. The number of rotatable bonds is 7. The Bertz CT molecular complexity index is 252. The van der Waals surface area contributed by atoms with Gasteiger partial charge in [-0.25, -0.2) is 0 Å². The van der Waals surface area contributed by atoms with E-state index in [2.05, 4.69) is 19.2 Å². The molecule has 0 heterocycles. The van der Waals surface area contributed by atoms with Crippen LogP contribution in [0.4, 0.5) is 0 Å². The van der Waals surface area contributed by atoms with E-state index in [-0.39, 0.29) is 17.9 Å². The molecule has 2 atom stereocenters. The third kappa shape index (κ3) is 4.86. The highest BCUT2D eigenvalue weighted by molar-refractivity contribution is 5.84. The average molecular weight is 241 g/mol. The Morgan fingerprint density at radius 2 is 1.82 bits per heavy atom. The monoisotopic (exact) mass is 241 g/mol. The highest BCUT2D eigenvalue weighted by Crippen LogP contribution is 2.12. The van der Waals surface area contributed by atoms with Gasteiger partial charge in [-0.15, -0.1) is 0 Å². The van der Waals surface area contributed by atoms with Gasteiger partial charge in [-0.2, -0.15) is 0 Å². The molecule has 0 rings (SSSR count). The Morgan fingerprint density at radius 1 is 1.29 bits per heavy atom. The first-order valence-corrected chi connectivity index (χ1v) is 6.16. The standard InChI is InChI=1S/C13H25N2O2/c1-9(2)7-11(14-5)13(17)15(6)12(8-16)10(3)4/h9-12,14H,7H2,1-6H3/t11-,12+/m0/s1. The summed E-state index contributed by atoms with van der Waals surface area (Å²) < 4.78 is 0. The third-order valence-corrected chi connectivity index (χ3v) is 2.87. The number of amides is 1. The molecule has 0 aliphatic rings. The normalized spacial score (nSPS) is 14.8. The Morgan fingerprint density at radius 3 is 2.12 bits per heavy atom. The first-order chi connectivity index (χ1) is 7.84. The van der Waals surface area contributed by atoms with Crippen LogP contribution in [0.1, 0.15) is 34.1 Å². The van der Waals surface area contributed by atoms with E-state index < -0.39 is 6.04 Å². The third-order valence-electron chi connectivity index (χ3n) is 2.87. The van der Waals surface area contributed by atoms with Crippen LogP contribution >= 0.6 is 0 Å². The quantitative estimate of drug-likeness (QED) is 0.729. The summed E-state index contributed by atoms with van der Waals surface area (Å²) in [5.74, 6) is 0.476. The van der Waals surface area contributed by atoms with Crippen LogP contribution in [-0.2, 0) is 9.59 Å². The van der Waals surface area contributed by atoms with Crippen LogP contribution in [0.15, 0.2) is 0 Å². The van der Waals surface area contributed by atoms with E-state index in [1.165, 1.54) is 4.90 Å². The molecular formula is C13H25N2O2. The SMILES string of the molecule is CN[C@@H](CC(C)C)C(=O)N(C)[C@H]([C]=O)C(C)C. The molecule has 1 radical (unpaired) electrons. The minimum absolute atomic E-state index is 0.0387. The van der Waals surface area contributed by atoms with Gasteiger partial charge in [-0.1, -0.05) is 27.7 Å². The Balaban J connectivity index is 4.69. The van der Waals surface area contributed by atoms with E-state index in [1.807, 2.05) is 20.1 Å². The Kier molecular flexibility index (Phi) is 7.04. The molecule has 0 saturated carbocycles. The van der Waals surface area contributed by atoms with E-state index in [4.69, 9.17) is 0 Å². The highest BCUT2D eigenvalue weighted by atomic mass is 16.2. The van der Waals surface area contributed by atoms with E-state index >= 15 is 0 Å². The maximum atomic E-state index is 12.2. The summed E-state index contributed by atoms with van der Waals surface area (Å²) in [5.41, 5.74) is 0. The molecule has 17 heavy (non-hydrogen) atoms. The second-order valence-electron chi connectivity index (χ2n) is 5.23. The maximum Gasteiger partial charge on any atom is 0.240 e. The zero-order valence-corrected chi connectivity index (χ0v) is 11.8. The molecule has 4 nitrogen and oxygen atoms in total. The minimum Gasteiger partial charge on any atom is -0.334 e. The van der Waals surface area contributed by atoms with E-state index in [0.29, 0.717) is 5.92 Å². The van der Waals surface area contributed by atoms with Crippen LogP contribution in [0, 0.1) is 11.8 Å². The molecule has 1 N–H and O–H groups in total. The minimum atomic E-state index is -0.467. The lowest BCUT2D eigenvalue weighted by atomic mass is 10.00. The fourth-order valence-corrected chi connectivity index (χ4v) is 1.86. The fourth-order valence-electron chi connectivity index (χ4n) is 1.86. The van der Waals surface area contributed by atoms with Crippen LogP contribution in [0.5, 0.6) is 0 Å². The molecule has 4 heteroatoms. The molecule has 1 amide bonds. The van der Waals surface area contributed by atoms with Gasteiger partial charge in [0.25, 0.3) is 0 Å². The summed E-state index contributed by atoms with van der Waals surface area (Å²) in [6, 6.07) is -0.694. The van der Waals surface area contributed by atoms with Crippen molar-refractivity contribution in [3.8, 4) is 0 Å². The molecule has 0 spiro atoms. The van der Waals surface area contributed by atoms with Crippen LogP contribution < -0.4 is 5.32 Å². The molecule has 0 unspecified atom stereocenters. The summed E-state index contributed by atoms with van der Waals surface area (Å²) in [6.45, 7) is 7.97. The first-order valence-electron chi connectivity index (χ1n) is 6.16. The van der Waals surface area contributed by atoms with Crippen LogP contribution in [0.3, 0.4) is 0 Å².